The highest BCUT2D eigenvalue weighted by atomic mass is 32.2. The molecule has 2 aromatic heterocycles. The SMILES string of the molecule is Cc1nnc(-c2nn(CC(F)(F)F)c3c(C4=CCN(S(=O)(=O)C(C)C)CC4)cc(S(=O)(=O)NC4(C#N)CC4)cc23)s1. The zero-order chi connectivity index (χ0) is 30.0. The number of fused-ring (bicyclic) bond motifs is 1. The van der Waals surface area contributed by atoms with Crippen molar-refractivity contribution < 1.29 is 30.0 Å². The predicted octanol–water partition coefficient (Wildman–Crippen LogP) is 3.59. The number of hydrogen-bond donors (Lipinski definition) is 1. The maximum Gasteiger partial charge on any atom is 0.408 e. The van der Waals surface area contributed by atoms with E-state index in [1.54, 1.807) is 26.8 Å². The van der Waals surface area contributed by atoms with Gasteiger partial charge >= 0.3 is 6.18 Å². The van der Waals surface area contributed by atoms with E-state index in [4.69, 9.17) is 0 Å². The van der Waals surface area contributed by atoms with Gasteiger partial charge in [0.25, 0.3) is 0 Å². The third-order valence-electron chi connectivity index (χ3n) is 6.95. The van der Waals surface area contributed by atoms with Crippen LogP contribution in [0.5, 0.6) is 0 Å². The molecule has 0 saturated heterocycles. The monoisotopic (exact) mass is 629 g/mol. The number of benzene rings is 1. The van der Waals surface area contributed by atoms with Crippen LogP contribution in [0.4, 0.5) is 13.2 Å². The summed E-state index contributed by atoms with van der Waals surface area (Å²) in [6.07, 6.45) is -2.26. The van der Waals surface area contributed by atoms with Crippen molar-refractivity contribution in [3.05, 3.63) is 28.8 Å². The van der Waals surface area contributed by atoms with Gasteiger partial charge in [-0.15, -0.1) is 10.2 Å². The largest absolute Gasteiger partial charge is 0.408 e. The van der Waals surface area contributed by atoms with Crippen LogP contribution in [0, 0.1) is 18.3 Å². The van der Waals surface area contributed by atoms with Crippen molar-refractivity contribution in [1.82, 2.24) is 29.0 Å². The lowest BCUT2D eigenvalue weighted by molar-refractivity contribution is -0.141. The second-order valence-electron chi connectivity index (χ2n) is 10.3. The van der Waals surface area contributed by atoms with Crippen molar-refractivity contribution in [2.75, 3.05) is 13.1 Å². The van der Waals surface area contributed by atoms with Gasteiger partial charge in [0.2, 0.25) is 20.0 Å². The number of nitriles is 1. The molecule has 1 aliphatic carbocycles. The molecule has 0 atom stereocenters. The molecule has 0 radical (unpaired) electrons. The number of aromatic nitrogens is 4. The highest BCUT2D eigenvalue weighted by Gasteiger charge is 2.47. The molecule has 1 N–H and O–H groups in total. The van der Waals surface area contributed by atoms with E-state index in [9.17, 15) is 35.3 Å². The highest BCUT2D eigenvalue weighted by Crippen LogP contribution is 2.40. The molecule has 0 amide bonds. The van der Waals surface area contributed by atoms with Crippen LogP contribution >= 0.6 is 11.3 Å². The maximum absolute atomic E-state index is 13.7. The molecule has 220 valence electrons. The molecule has 2 aliphatic rings. The maximum atomic E-state index is 13.7. The summed E-state index contributed by atoms with van der Waals surface area (Å²) in [6, 6.07) is 4.47. The van der Waals surface area contributed by atoms with Gasteiger partial charge in [0.05, 0.1) is 21.7 Å². The molecule has 11 nitrogen and oxygen atoms in total. The van der Waals surface area contributed by atoms with Gasteiger partial charge in [-0.25, -0.2) is 16.8 Å². The van der Waals surface area contributed by atoms with E-state index < -0.39 is 43.6 Å². The molecule has 0 spiro atoms. The Balaban J connectivity index is 1.74. The first-order chi connectivity index (χ1) is 19.1. The summed E-state index contributed by atoms with van der Waals surface area (Å²) >= 11 is 1.10. The van der Waals surface area contributed by atoms with Crippen molar-refractivity contribution in [1.29, 1.82) is 5.26 Å². The fraction of sp³-hybridized carbons (Fsp3) is 0.500. The highest BCUT2D eigenvalue weighted by molar-refractivity contribution is 7.89. The summed E-state index contributed by atoms with van der Waals surface area (Å²) in [5.74, 6) is 0. The van der Waals surface area contributed by atoms with Crippen molar-refractivity contribution in [2.24, 2.45) is 0 Å². The molecule has 5 rings (SSSR count). The first-order valence-corrected chi connectivity index (χ1v) is 16.4. The van der Waals surface area contributed by atoms with Crippen LogP contribution in [0.25, 0.3) is 27.2 Å². The Kier molecular flexibility index (Phi) is 7.30. The van der Waals surface area contributed by atoms with E-state index in [0.717, 1.165) is 16.0 Å². The third-order valence-corrected chi connectivity index (χ3v) is 11.6. The quantitative estimate of drug-likeness (QED) is 0.397. The van der Waals surface area contributed by atoms with Crippen LogP contribution in [-0.2, 0) is 26.6 Å². The Morgan fingerprint density at radius 1 is 1.20 bits per heavy atom. The summed E-state index contributed by atoms with van der Waals surface area (Å²) in [5.41, 5.74) is -0.502. The van der Waals surface area contributed by atoms with Gasteiger partial charge in [0.1, 0.15) is 22.8 Å². The number of alkyl halides is 3. The minimum absolute atomic E-state index is 0.0278. The first kappa shape index (κ1) is 29.6. The van der Waals surface area contributed by atoms with Crippen LogP contribution in [0.3, 0.4) is 0 Å². The lowest BCUT2D eigenvalue weighted by atomic mass is 9.97. The molecule has 1 aromatic carbocycles. The molecule has 17 heteroatoms. The van der Waals surface area contributed by atoms with Crippen LogP contribution < -0.4 is 4.72 Å². The van der Waals surface area contributed by atoms with Gasteiger partial charge in [-0.1, -0.05) is 17.4 Å². The molecular weight excluding hydrogens is 604 g/mol. The second kappa shape index (κ2) is 10.1. The fourth-order valence-corrected chi connectivity index (χ4v) is 7.97. The van der Waals surface area contributed by atoms with Gasteiger partial charge in [0.15, 0.2) is 5.01 Å². The molecule has 3 aromatic rings. The Labute approximate surface area is 238 Å². The van der Waals surface area contributed by atoms with Crippen LogP contribution in [0.1, 0.15) is 43.7 Å². The van der Waals surface area contributed by atoms with Gasteiger partial charge in [0, 0.05) is 24.0 Å². The summed E-state index contributed by atoms with van der Waals surface area (Å²) in [5, 5.41) is 21.9. The molecule has 1 saturated carbocycles. The number of sulfonamides is 2. The Morgan fingerprint density at radius 2 is 1.90 bits per heavy atom. The van der Waals surface area contributed by atoms with E-state index in [0.29, 0.717) is 23.4 Å². The number of nitrogens with zero attached hydrogens (tertiary/aromatic N) is 6. The van der Waals surface area contributed by atoms with Gasteiger partial charge in [-0.2, -0.15) is 32.6 Å². The number of hydrogen-bond acceptors (Lipinski definition) is 9. The van der Waals surface area contributed by atoms with Gasteiger partial charge < -0.3 is 0 Å². The van der Waals surface area contributed by atoms with Crippen LogP contribution in [0.2, 0.25) is 0 Å². The van der Waals surface area contributed by atoms with E-state index in [1.807, 2.05) is 6.07 Å². The standard InChI is InChI=1S/C24H26F3N7O4S3/c1-14(2)41(37,38)33-8-4-16(5-9-33)18-10-17(40(35,36)32-23(12-28)6-7-23)11-19-20(22-30-29-15(3)39-22)31-34(21(18)19)13-24(25,26)27/h4,10-11,14,32H,5-9,13H2,1-3H3. The second-order valence-corrected chi connectivity index (χ2v) is 15.7. The van der Waals surface area contributed by atoms with Gasteiger partial charge in [-0.05, 0) is 57.7 Å². The van der Waals surface area contributed by atoms with Crippen molar-refractivity contribution in [3.8, 4) is 16.8 Å². The van der Waals surface area contributed by atoms with Crippen LogP contribution in [-0.4, -0.2) is 71.2 Å². The van der Waals surface area contributed by atoms with E-state index in [1.165, 1.54) is 16.4 Å². The van der Waals surface area contributed by atoms with Crippen molar-refractivity contribution >= 4 is 47.9 Å². The zero-order valence-corrected chi connectivity index (χ0v) is 24.7. The summed E-state index contributed by atoms with van der Waals surface area (Å²) < 4.78 is 97.9. The zero-order valence-electron chi connectivity index (χ0n) is 22.2. The van der Waals surface area contributed by atoms with Crippen molar-refractivity contribution in [2.45, 2.75) is 68.4 Å². The summed E-state index contributed by atoms with van der Waals surface area (Å²) in [7, 11) is -7.87. The van der Waals surface area contributed by atoms with Crippen molar-refractivity contribution in [3.63, 3.8) is 0 Å². The number of rotatable bonds is 8. The molecule has 41 heavy (non-hydrogen) atoms. The normalized spacial score (nSPS) is 18.0. The number of aryl methyl sites for hydroxylation is 1. The lowest BCUT2D eigenvalue weighted by Crippen LogP contribution is -2.39. The first-order valence-electron chi connectivity index (χ1n) is 12.6. The third kappa shape index (κ3) is 5.75. The minimum Gasteiger partial charge on any atom is -0.254 e. The topological polar surface area (TPSA) is 151 Å². The van der Waals surface area contributed by atoms with E-state index >= 15 is 0 Å². The molecular formula is C24H26F3N7O4S3. The molecule has 0 bridgehead atoms. The summed E-state index contributed by atoms with van der Waals surface area (Å²) in [4.78, 5) is -0.256. The van der Waals surface area contributed by atoms with E-state index in [2.05, 4.69) is 20.0 Å². The molecule has 1 aliphatic heterocycles. The number of nitrogens with one attached hydrogen (secondary N) is 1. The Morgan fingerprint density at radius 3 is 2.41 bits per heavy atom. The molecule has 0 unspecified atom stereocenters. The molecule has 3 heterocycles. The number of halogens is 3. The Bertz CT molecular complexity index is 1820. The minimum atomic E-state index is -4.65. The lowest BCUT2D eigenvalue weighted by Gasteiger charge is -2.28. The average molecular weight is 630 g/mol. The average Bonchev–Trinajstić information content (AvgIpc) is 3.37. The van der Waals surface area contributed by atoms with E-state index in [-0.39, 0.29) is 51.6 Å². The molecule has 1 fully saturated rings. The van der Waals surface area contributed by atoms with Crippen LogP contribution in [0.15, 0.2) is 23.1 Å². The fourth-order valence-electron chi connectivity index (χ4n) is 4.63. The summed E-state index contributed by atoms with van der Waals surface area (Å²) in [6.45, 7) is 3.37. The Hall–Kier alpha value is -2.91. The smallest absolute Gasteiger partial charge is 0.254 e. The van der Waals surface area contributed by atoms with Gasteiger partial charge in [-0.3, -0.25) is 4.68 Å². The predicted molar refractivity (Wildman–Crippen MR) is 146 cm³/mol.